The molecule has 3 heteroatoms. The van der Waals surface area contributed by atoms with Crippen molar-refractivity contribution in [3.05, 3.63) is 23.3 Å². The second kappa shape index (κ2) is 4.22. The third kappa shape index (κ3) is 1.61. The van der Waals surface area contributed by atoms with Gasteiger partial charge in [-0.3, -0.25) is 0 Å². The van der Waals surface area contributed by atoms with Crippen molar-refractivity contribution in [1.29, 1.82) is 0 Å². The maximum atomic E-state index is 5.93. The number of hydrogen-bond acceptors (Lipinski definition) is 3. The molecule has 1 aromatic rings. The van der Waals surface area contributed by atoms with Gasteiger partial charge in [-0.25, -0.2) is 0 Å². The Kier molecular flexibility index (Phi) is 2.71. The molecule has 1 aliphatic carbocycles. The Balaban J connectivity index is 2.19. The van der Waals surface area contributed by atoms with Crippen molar-refractivity contribution in [3.8, 4) is 11.5 Å². The minimum absolute atomic E-state index is 0.423. The fourth-order valence-electron chi connectivity index (χ4n) is 3.23. The van der Waals surface area contributed by atoms with Gasteiger partial charge in [-0.05, 0) is 31.5 Å². The molecule has 0 saturated carbocycles. The van der Waals surface area contributed by atoms with Crippen molar-refractivity contribution in [2.45, 2.75) is 31.1 Å². The molecule has 2 unspecified atom stereocenters. The van der Waals surface area contributed by atoms with Gasteiger partial charge in [-0.2, -0.15) is 0 Å². The van der Waals surface area contributed by atoms with Crippen LogP contribution >= 0.6 is 0 Å². The lowest BCUT2D eigenvalue weighted by atomic mass is 9.89. The maximum absolute atomic E-state index is 5.93. The molecule has 92 valence electrons. The molecular formula is C14H19NO2. The van der Waals surface area contributed by atoms with Crippen LogP contribution in [0.1, 0.15) is 42.2 Å². The summed E-state index contributed by atoms with van der Waals surface area (Å²) in [5.74, 6) is 3.00. The number of rotatable bonds is 2. The van der Waals surface area contributed by atoms with Crippen molar-refractivity contribution in [2.24, 2.45) is 5.73 Å². The average molecular weight is 233 g/mol. The first-order chi connectivity index (χ1) is 8.35. The Morgan fingerprint density at radius 1 is 1.35 bits per heavy atom. The zero-order valence-corrected chi connectivity index (χ0v) is 10.2. The van der Waals surface area contributed by atoms with Crippen molar-refractivity contribution in [2.75, 3.05) is 20.3 Å². The van der Waals surface area contributed by atoms with Gasteiger partial charge in [0, 0.05) is 23.0 Å². The predicted molar refractivity (Wildman–Crippen MR) is 66.9 cm³/mol. The zero-order valence-electron chi connectivity index (χ0n) is 10.2. The summed E-state index contributed by atoms with van der Waals surface area (Å²) in [6, 6.07) is 4.06. The van der Waals surface area contributed by atoms with Gasteiger partial charge in [0.2, 0.25) is 0 Å². The molecule has 17 heavy (non-hydrogen) atoms. The van der Waals surface area contributed by atoms with Crippen LogP contribution in [0.2, 0.25) is 0 Å². The topological polar surface area (TPSA) is 44.5 Å². The molecule has 0 amide bonds. The summed E-state index contributed by atoms with van der Waals surface area (Å²) in [7, 11) is 1.74. The van der Waals surface area contributed by atoms with Crippen LogP contribution in [0.15, 0.2) is 12.1 Å². The minimum atomic E-state index is 0.423. The van der Waals surface area contributed by atoms with Gasteiger partial charge in [0.1, 0.15) is 11.5 Å². The van der Waals surface area contributed by atoms with Crippen LogP contribution in [0.4, 0.5) is 0 Å². The van der Waals surface area contributed by atoms with Crippen LogP contribution in [0.3, 0.4) is 0 Å². The molecule has 0 saturated heterocycles. The fraction of sp³-hybridized carbons (Fsp3) is 0.571. The number of nitrogens with two attached hydrogens (primary N) is 1. The summed E-state index contributed by atoms with van der Waals surface area (Å²) < 4.78 is 11.3. The standard InChI is InChI=1S/C14H19NO2/c1-16-11-5-6-12-14-10(8-17-12)4-2-3-9(7-15)13(11)14/h5-6,9-10H,2-4,7-8,15H2,1H3. The lowest BCUT2D eigenvalue weighted by molar-refractivity contribution is 0.322. The molecule has 0 fully saturated rings. The molecule has 2 aliphatic rings. The Hall–Kier alpha value is -1.22. The van der Waals surface area contributed by atoms with E-state index in [0.29, 0.717) is 18.4 Å². The lowest BCUT2D eigenvalue weighted by Gasteiger charge is -2.19. The van der Waals surface area contributed by atoms with Gasteiger partial charge in [-0.1, -0.05) is 6.42 Å². The van der Waals surface area contributed by atoms with Crippen LogP contribution in [0, 0.1) is 0 Å². The smallest absolute Gasteiger partial charge is 0.123 e. The maximum Gasteiger partial charge on any atom is 0.123 e. The lowest BCUT2D eigenvalue weighted by Crippen LogP contribution is -2.14. The molecule has 1 aliphatic heterocycles. The highest BCUT2D eigenvalue weighted by atomic mass is 16.5. The Morgan fingerprint density at radius 3 is 3.00 bits per heavy atom. The molecule has 0 radical (unpaired) electrons. The van der Waals surface area contributed by atoms with E-state index >= 15 is 0 Å². The molecule has 2 atom stereocenters. The first-order valence-corrected chi connectivity index (χ1v) is 6.38. The van der Waals surface area contributed by atoms with Gasteiger partial charge < -0.3 is 15.2 Å². The summed E-state index contributed by atoms with van der Waals surface area (Å²) in [5, 5.41) is 0. The molecule has 0 spiro atoms. The first-order valence-electron chi connectivity index (χ1n) is 6.38. The molecule has 3 nitrogen and oxygen atoms in total. The van der Waals surface area contributed by atoms with E-state index in [0.717, 1.165) is 18.1 Å². The van der Waals surface area contributed by atoms with Crippen LogP contribution in [-0.2, 0) is 0 Å². The third-order valence-corrected chi connectivity index (χ3v) is 4.07. The van der Waals surface area contributed by atoms with Gasteiger partial charge in [0.25, 0.3) is 0 Å². The Morgan fingerprint density at radius 2 is 2.24 bits per heavy atom. The molecule has 1 aromatic carbocycles. The summed E-state index contributed by atoms with van der Waals surface area (Å²) in [6.07, 6.45) is 3.61. The van der Waals surface area contributed by atoms with E-state index in [2.05, 4.69) is 0 Å². The van der Waals surface area contributed by atoms with E-state index in [1.165, 1.54) is 30.4 Å². The van der Waals surface area contributed by atoms with Gasteiger partial charge in [0.05, 0.1) is 13.7 Å². The van der Waals surface area contributed by atoms with E-state index < -0.39 is 0 Å². The van der Waals surface area contributed by atoms with Crippen LogP contribution < -0.4 is 15.2 Å². The largest absolute Gasteiger partial charge is 0.496 e. The van der Waals surface area contributed by atoms with Crippen LogP contribution in [0.5, 0.6) is 11.5 Å². The Labute approximate surface area is 102 Å². The fourth-order valence-corrected chi connectivity index (χ4v) is 3.23. The highest BCUT2D eigenvalue weighted by Crippen LogP contribution is 2.48. The number of benzene rings is 1. The minimum Gasteiger partial charge on any atom is -0.496 e. The van der Waals surface area contributed by atoms with Crippen LogP contribution in [0.25, 0.3) is 0 Å². The van der Waals surface area contributed by atoms with E-state index in [4.69, 9.17) is 15.2 Å². The van der Waals surface area contributed by atoms with E-state index in [9.17, 15) is 0 Å². The zero-order chi connectivity index (χ0) is 11.8. The highest BCUT2D eigenvalue weighted by Gasteiger charge is 2.34. The molecule has 0 bridgehead atoms. The van der Waals surface area contributed by atoms with Crippen molar-refractivity contribution < 1.29 is 9.47 Å². The summed E-state index contributed by atoms with van der Waals surface area (Å²) in [6.45, 7) is 1.52. The monoisotopic (exact) mass is 233 g/mol. The Bertz CT molecular complexity index is 430. The van der Waals surface area contributed by atoms with Crippen LogP contribution in [-0.4, -0.2) is 20.3 Å². The number of ether oxygens (including phenoxy) is 2. The van der Waals surface area contributed by atoms with Crippen molar-refractivity contribution >= 4 is 0 Å². The SMILES string of the molecule is COc1ccc2c3c1C(CN)CCCC3CO2. The molecule has 0 aromatic heterocycles. The average Bonchev–Trinajstić information content (AvgIpc) is 2.67. The first kappa shape index (κ1) is 10.9. The van der Waals surface area contributed by atoms with Crippen molar-refractivity contribution in [3.63, 3.8) is 0 Å². The van der Waals surface area contributed by atoms with Gasteiger partial charge >= 0.3 is 0 Å². The highest BCUT2D eigenvalue weighted by molar-refractivity contribution is 5.54. The molecule has 1 heterocycles. The second-order valence-corrected chi connectivity index (χ2v) is 4.96. The molecular weight excluding hydrogens is 214 g/mol. The summed E-state index contributed by atoms with van der Waals surface area (Å²) in [4.78, 5) is 0. The second-order valence-electron chi connectivity index (χ2n) is 4.96. The third-order valence-electron chi connectivity index (χ3n) is 4.07. The van der Waals surface area contributed by atoms with E-state index in [1.807, 2.05) is 12.1 Å². The quantitative estimate of drug-likeness (QED) is 0.853. The van der Waals surface area contributed by atoms with Crippen molar-refractivity contribution in [1.82, 2.24) is 0 Å². The molecule has 3 rings (SSSR count). The number of methoxy groups -OCH3 is 1. The van der Waals surface area contributed by atoms with Gasteiger partial charge in [0.15, 0.2) is 0 Å². The van der Waals surface area contributed by atoms with E-state index in [-0.39, 0.29) is 0 Å². The van der Waals surface area contributed by atoms with Gasteiger partial charge in [-0.15, -0.1) is 0 Å². The molecule has 2 N–H and O–H groups in total. The van der Waals surface area contributed by atoms with E-state index in [1.54, 1.807) is 7.11 Å². The number of hydrogen-bond donors (Lipinski definition) is 1. The normalized spacial score (nSPS) is 26.0. The summed E-state index contributed by atoms with van der Waals surface area (Å²) >= 11 is 0. The predicted octanol–water partition coefficient (Wildman–Crippen LogP) is 2.40. The summed E-state index contributed by atoms with van der Waals surface area (Å²) in [5.41, 5.74) is 8.62.